The van der Waals surface area contributed by atoms with E-state index < -0.39 is 13.4 Å². The predicted molar refractivity (Wildman–Crippen MR) is 136 cm³/mol. The van der Waals surface area contributed by atoms with Crippen LogP contribution in [0.2, 0.25) is 0 Å². The van der Waals surface area contributed by atoms with Crippen LogP contribution >= 0.6 is 7.60 Å². The van der Waals surface area contributed by atoms with E-state index in [0.29, 0.717) is 5.75 Å². The van der Waals surface area contributed by atoms with Gasteiger partial charge in [0.1, 0.15) is 17.3 Å². The van der Waals surface area contributed by atoms with Crippen LogP contribution in [0.15, 0.2) is 36.7 Å². The van der Waals surface area contributed by atoms with Crippen LogP contribution in [0, 0.1) is 5.92 Å². The smallest absolute Gasteiger partial charge is 0.401 e. The van der Waals surface area contributed by atoms with Crippen LogP contribution in [0.25, 0.3) is 0 Å². The summed E-state index contributed by atoms with van der Waals surface area (Å²) in [7, 11) is -3.71. The highest BCUT2D eigenvalue weighted by atomic mass is 31.2. The molecule has 0 aliphatic carbocycles. The highest BCUT2D eigenvalue weighted by Gasteiger charge is 2.41. The largest absolute Gasteiger partial charge is 0.507 e. The van der Waals surface area contributed by atoms with E-state index in [2.05, 4.69) is 10.3 Å². The van der Waals surface area contributed by atoms with Crippen LogP contribution in [0.3, 0.4) is 0 Å². The summed E-state index contributed by atoms with van der Waals surface area (Å²) in [4.78, 5) is 4.15. The van der Waals surface area contributed by atoms with Gasteiger partial charge in [-0.1, -0.05) is 55.4 Å². The van der Waals surface area contributed by atoms with Gasteiger partial charge in [-0.15, -0.1) is 0 Å². The Hall–Kier alpha value is -2.04. The van der Waals surface area contributed by atoms with Crippen molar-refractivity contribution >= 4 is 13.3 Å². The van der Waals surface area contributed by atoms with Crippen molar-refractivity contribution < 1.29 is 18.7 Å². The summed E-state index contributed by atoms with van der Waals surface area (Å²) in [5.74, 6) is 0.00581. The van der Waals surface area contributed by atoms with Crippen molar-refractivity contribution in [2.45, 2.75) is 92.0 Å². The average molecular weight is 477 g/mol. The molecule has 2 rings (SSSR count). The van der Waals surface area contributed by atoms with Gasteiger partial charge in [0, 0.05) is 23.5 Å². The Balaban J connectivity index is 2.62. The third kappa shape index (κ3) is 6.97. The first kappa shape index (κ1) is 27.2. The van der Waals surface area contributed by atoms with Crippen molar-refractivity contribution in [3.63, 3.8) is 0 Å². The molecule has 6 nitrogen and oxygen atoms in total. The van der Waals surface area contributed by atoms with Crippen LogP contribution in [-0.2, 0) is 19.9 Å². The number of aromatic hydroxyl groups is 1. The SMILES string of the molecule is CC(C)OP(=O)(Oc1cc(C(C)(C)C)c(O)c(C(C)(C)C)c1)C(Nc1cccnc1)C(C)C. The van der Waals surface area contributed by atoms with Crippen molar-refractivity contribution in [1.29, 1.82) is 0 Å². The standard InChI is InChI=1S/C26H41N2O4P/c1-17(2)24(28-19-12-11-13-27-16-19)33(30,31-18(3)4)32-20-14-21(25(5,6)7)23(29)22(15-20)26(8,9)10/h11-18,24,28-29H,1-10H3. The number of nitrogens with zero attached hydrogens (tertiary/aromatic N) is 1. The van der Waals surface area contributed by atoms with Crippen molar-refractivity contribution in [2.24, 2.45) is 5.92 Å². The fourth-order valence-corrected chi connectivity index (χ4v) is 5.93. The minimum Gasteiger partial charge on any atom is -0.507 e. The van der Waals surface area contributed by atoms with Crippen LogP contribution in [-0.4, -0.2) is 22.0 Å². The predicted octanol–water partition coefficient (Wildman–Crippen LogP) is 7.47. The molecule has 1 aromatic heterocycles. The molecular formula is C26H41N2O4P. The minimum absolute atomic E-state index is 0.0592. The maximum absolute atomic E-state index is 14.4. The van der Waals surface area contributed by atoms with Crippen molar-refractivity contribution in [3.8, 4) is 11.5 Å². The summed E-state index contributed by atoms with van der Waals surface area (Å²) in [6, 6.07) is 7.25. The summed E-state index contributed by atoms with van der Waals surface area (Å²) >= 11 is 0. The average Bonchev–Trinajstić information content (AvgIpc) is 2.65. The van der Waals surface area contributed by atoms with Gasteiger partial charge < -0.3 is 14.9 Å². The molecule has 0 bridgehead atoms. The molecule has 0 saturated heterocycles. The second kappa shape index (κ2) is 10.1. The summed E-state index contributed by atoms with van der Waals surface area (Å²) in [5.41, 5.74) is 1.55. The van der Waals surface area contributed by atoms with Crippen LogP contribution < -0.4 is 9.84 Å². The van der Waals surface area contributed by atoms with Gasteiger partial charge >= 0.3 is 7.60 Å². The fraction of sp³-hybridized carbons (Fsp3) is 0.577. The Bertz CT molecular complexity index is 941. The maximum Gasteiger partial charge on any atom is 0.401 e. The molecule has 2 aromatic rings. The second-order valence-electron chi connectivity index (χ2n) is 11.2. The number of benzene rings is 1. The lowest BCUT2D eigenvalue weighted by Gasteiger charge is -2.33. The Labute approximate surface area is 199 Å². The lowest BCUT2D eigenvalue weighted by Crippen LogP contribution is -2.30. The van der Waals surface area contributed by atoms with E-state index in [1.54, 1.807) is 24.5 Å². The van der Waals surface area contributed by atoms with E-state index in [0.717, 1.165) is 16.8 Å². The van der Waals surface area contributed by atoms with E-state index in [9.17, 15) is 9.67 Å². The number of rotatable bonds is 8. The summed E-state index contributed by atoms with van der Waals surface area (Å²) in [6.45, 7) is 19.8. The maximum atomic E-state index is 14.4. The topological polar surface area (TPSA) is 80.7 Å². The number of phenolic OH excluding ortho intramolecular Hbond substituents is 1. The third-order valence-corrected chi connectivity index (χ3v) is 7.83. The molecule has 2 unspecified atom stereocenters. The molecule has 0 aliphatic rings. The first-order valence-electron chi connectivity index (χ1n) is 11.6. The Kier molecular flexibility index (Phi) is 8.30. The zero-order valence-corrected chi connectivity index (χ0v) is 22.7. The Morgan fingerprint density at radius 2 is 1.55 bits per heavy atom. The lowest BCUT2D eigenvalue weighted by atomic mass is 9.79. The van der Waals surface area contributed by atoms with Crippen molar-refractivity contribution in [2.75, 3.05) is 5.32 Å². The normalized spacial score (nSPS) is 15.4. The van der Waals surface area contributed by atoms with Gasteiger partial charge in [-0.25, -0.2) is 4.57 Å². The van der Waals surface area contributed by atoms with E-state index in [1.807, 2.05) is 81.4 Å². The van der Waals surface area contributed by atoms with Crippen molar-refractivity contribution in [1.82, 2.24) is 4.98 Å². The van der Waals surface area contributed by atoms with E-state index in [-0.39, 0.29) is 28.6 Å². The molecule has 0 aliphatic heterocycles. The number of hydrogen-bond acceptors (Lipinski definition) is 6. The quantitative estimate of drug-likeness (QED) is 0.385. The van der Waals surface area contributed by atoms with Gasteiger partial charge in [0.2, 0.25) is 0 Å². The van der Waals surface area contributed by atoms with Crippen molar-refractivity contribution in [3.05, 3.63) is 47.8 Å². The number of pyridine rings is 1. The Morgan fingerprint density at radius 3 is 1.94 bits per heavy atom. The molecule has 184 valence electrons. The number of phenols is 1. The minimum atomic E-state index is -3.71. The molecule has 33 heavy (non-hydrogen) atoms. The zero-order chi connectivity index (χ0) is 25.2. The van der Waals surface area contributed by atoms with E-state index in [1.165, 1.54) is 0 Å². The molecule has 0 spiro atoms. The summed E-state index contributed by atoms with van der Waals surface area (Å²) in [6.07, 6.45) is 3.06. The van der Waals surface area contributed by atoms with Gasteiger partial charge in [-0.2, -0.15) is 0 Å². The summed E-state index contributed by atoms with van der Waals surface area (Å²) < 4.78 is 26.6. The third-order valence-electron chi connectivity index (χ3n) is 5.24. The molecular weight excluding hydrogens is 435 g/mol. The van der Waals surface area contributed by atoms with Crippen LogP contribution in [0.1, 0.15) is 80.4 Å². The number of nitrogens with one attached hydrogen (secondary N) is 1. The molecule has 0 radical (unpaired) electrons. The molecule has 2 N–H and O–H groups in total. The van der Waals surface area contributed by atoms with Gasteiger partial charge in [0.15, 0.2) is 0 Å². The highest BCUT2D eigenvalue weighted by Crippen LogP contribution is 2.57. The lowest BCUT2D eigenvalue weighted by molar-refractivity contribution is 0.200. The molecule has 0 amide bonds. The summed E-state index contributed by atoms with van der Waals surface area (Å²) in [5, 5.41) is 14.4. The molecule has 0 fully saturated rings. The van der Waals surface area contributed by atoms with Gasteiger partial charge in [-0.3, -0.25) is 9.51 Å². The number of aromatic nitrogens is 1. The molecule has 1 heterocycles. The fourth-order valence-electron chi connectivity index (χ4n) is 3.62. The van der Waals surface area contributed by atoms with Gasteiger partial charge in [0.25, 0.3) is 0 Å². The van der Waals surface area contributed by atoms with Crippen LogP contribution in [0.4, 0.5) is 5.69 Å². The van der Waals surface area contributed by atoms with E-state index in [4.69, 9.17) is 9.05 Å². The number of hydrogen-bond donors (Lipinski definition) is 2. The second-order valence-corrected chi connectivity index (χ2v) is 13.3. The van der Waals surface area contributed by atoms with E-state index >= 15 is 0 Å². The highest BCUT2D eigenvalue weighted by molar-refractivity contribution is 7.55. The molecule has 2 atom stereocenters. The van der Waals surface area contributed by atoms with Gasteiger partial charge in [0.05, 0.1) is 11.8 Å². The Morgan fingerprint density at radius 1 is 1.00 bits per heavy atom. The zero-order valence-electron chi connectivity index (χ0n) is 21.8. The number of anilines is 1. The molecule has 0 saturated carbocycles. The first-order valence-corrected chi connectivity index (χ1v) is 13.2. The molecule has 7 heteroatoms. The molecule has 1 aromatic carbocycles. The van der Waals surface area contributed by atoms with Gasteiger partial charge in [-0.05, 0) is 54.9 Å². The van der Waals surface area contributed by atoms with Crippen LogP contribution in [0.5, 0.6) is 11.5 Å². The monoisotopic (exact) mass is 476 g/mol. The first-order chi connectivity index (χ1) is 15.0.